The molecule has 4 fully saturated rings. The number of para-hydroxylation sites is 1. The maximum absolute atomic E-state index is 14.8. The third-order valence-corrected chi connectivity index (χ3v) is 13.7. The van der Waals surface area contributed by atoms with Gasteiger partial charge >= 0.3 is 6.09 Å². The second kappa shape index (κ2) is 15.6. The van der Waals surface area contributed by atoms with Crippen LogP contribution in [0.2, 0.25) is 0 Å². The standard InChI is InChI=1S/C41H53N5O8S/c1-4-28-23-41(28,38(49)45-55(51,52)30-18-19-30)44-36(47)33-22-29-24-46(33)37(48)35(26-13-7-5-8-14-26)43-39(50)53-25-40(2,3)20-12-6-9-17-32-34(54-29)21-27-15-10-11-16-31(27)42-32/h4,9-11,15-17,21,26,28-30,33,35H,1,5-8,12-14,18-20,22-25H2,2-3H3,(H,43,50)(H,44,47)(H,45,49)/b17-9+/t28-,29-,33+,35+,41-/m1/s1. The normalized spacial score (nSPS) is 29.7. The second-order valence-electron chi connectivity index (χ2n) is 16.8. The first-order valence-corrected chi connectivity index (χ1v) is 21.3. The van der Waals surface area contributed by atoms with Crippen LogP contribution in [0.15, 0.2) is 49.1 Å². The molecule has 296 valence electrons. The molecule has 55 heavy (non-hydrogen) atoms. The van der Waals surface area contributed by atoms with Crippen LogP contribution in [0.1, 0.15) is 96.6 Å². The first-order valence-electron chi connectivity index (χ1n) is 19.8. The fourth-order valence-corrected chi connectivity index (χ4v) is 9.69. The fraction of sp³-hybridized carbons (Fsp3) is 0.585. The predicted molar refractivity (Wildman–Crippen MR) is 207 cm³/mol. The summed E-state index contributed by atoms with van der Waals surface area (Å²) in [6.45, 7) is 8.09. The monoisotopic (exact) mass is 775 g/mol. The molecule has 0 unspecified atom stereocenters. The van der Waals surface area contributed by atoms with E-state index < -0.39 is 68.7 Å². The zero-order valence-electron chi connectivity index (χ0n) is 31.8. The van der Waals surface area contributed by atoms with Crippen LogP contribution in [0.4, 0.5) is 4.79 Å². The Morgan fingerprint density at radius 3 is 2.56 bits per heavy atom. The zero-order valence-corrected chi connectivity index (χ0v) is 32.6. The number of carbonyl (C=O) groups excluding carboxylic acids is 4. The van der Waals surface area contributed by atoms with Gasteiger partial charge in [-0.25, -0.2) is 18.2 Å². The van der Waals surface area contributed by atoms with Crippen molar-refractivity contribution in [1.82, 2.24) is 25.2 Å². The van der Waals surface area contributed by atoms with Gasteiger partial charge < -0.3 is 25.0 Å². The summed E-state index contributed by atoms with van der Waals surface area (Å²) >= 11 is 0. The fourth-order valence-electron chi connectivity index (χ4n) is 8.32. The number of hydrogen-bond acceptors (Lipinski definition) is 9. The van der Waals surface area contributed by atoms with E-state index in [0.717, 1.165) is 62.3 Å². The summed E-state index contributed by atoms with van der Waals surface area (Å²) in [5.74, 6) is -2.02. The molecule has 5 atom stereocenters. The molecule has 0 radical (unpaired) electrons. The Labute approximate surface area is 323 Å². The molecule has 4 amide bonds. The molecule has 3 aliphatic carbocycles. The Morgan fingerprint density at radius 2 is 1.84 bits per heavy atom. The van der Waals surface area contributed by atoms with Crippen molar-refractivity contribution in [2.75, 3.05) is 13.2 Å². The topological polar surface area (TPSA) is 173 Å². The molecule has 1 aromatic heterocycles. The molecule has 3 heterocycles. The zero-order chi connectivity index (χ0) is 39.0. The minimum absolute atomic E-state index is 0.0278. The van der Waals surface area contributed by atoms with E-state index in [4.69, 9.17) is 14.5 Å². The number of nitrogens with zero attached hydrogens (tertiary/aromatic N) is 2. The number of aromatic nitrogens is 1. The third kappa shape index (κ3) is 8.69. The van der Waals surface area contributed by atoms with E-state index in [1.54, 1.807) is 0 Å². The minimum Gasteiger partial charge on any atom is -0.486 e. The van der Waals surface area contributed by atoms with Crippen molar-refractivity contribution in [3.8, 4) is 5.75 Å². The number of hydrogen-bond donors (Lipinski definition) is 3. The predicted octanol–water partition coefficient (Wildman–Crippen LogP) is 5.15. The van der Waals surface area contributed by atoms with Crippen molar-refractivity contribution in [2.24, 2.45) is 17.3 Å². The smallest absolute Gasteiger partial charge is 0.407 e. The van der Waals surface area contributed by atoms with Crippen LogP contribution in [-0.4, -0.2) is 84.2 Å². The highest BCUT2D eigenvalue weighted by Crippen LogP contribution is 2.45. The molecule has 3 saturated carbocycles. The molecule has 5 aliphatic rings. The summed E-state index contributed by atoms with van der Waals surface area (Å²) in [5, 5.41) is 6.00. The molecule has 1 saturated heterocycles. The average Bonchev–Trinajstić information content (AvgIpc) is 4.09. The highest BCUT2D eigenvalue weighted by atomic mass is 32.2. The lowest BCUT2D eigenvalue weighted by atomic mass is 9.83. The van der Waals surface area contributed by atoms with Gasteiger partial charge in [-0.3, -0.25) is 19.1 Å². The maximum atomic E-state index is 14.8. The lowest BCUT2D eigenvalue weighted by molar-refractivity contribution is -0.142. The van der Waals surface area contributed by atoms with Crippen molar-refractivity contribution < 1.29 is 37.1 Å². The Kier molecular flexibility index (Phi) is 11.0. The van der Waals surface area contributed by atoms with Crippen LogP contribution in [0, 0.1) is 17.3 Å². The lowest BCUT2D eigenvalue weighted by Gasteiger charge is -2.35. The summed E-state index contributed by atoms with van der Waals surface area (Å²) in [5.41, 5.74) is -0.415. The molecule has 0 spiro atoms. The number of ether oxygens (including phenoxy) is 2. The SMILES string of the molecule is C=C[C@@H]1C[C@]1(NC(=O)[C@@H]1C[C@@H]2CN1C(=O)[C@H](C1CCCCC1)NC(=O)OCC(C)(C)CCC/C=C/c1nc3ccccc3cc1O2)C(=O)NS(=O)(=O)C1CC1. The summed E-state index contributed by atoms with van der Waals surface area (Å²) in [6, 6.07) is 7.61. The molecule has 2 aliphatic heterocycles. The highest BCUT2D eigenvalue weighted by molar-refractivity contribution is 7.91. The number of cyclic esters (lactones) is 1. The molecular weight excluding hydrogens is 723 g/mol. The molecule has 1 aromatic carbocycles. The van der Waals surface area contributed by atoms with E-state index in [-0.39, 0.29) is 37.3 Å². The van der Waals surface area contributed by atoms with Crippen molar-refractivity contribution in [3.63, 3.8) is 0 Å². The van der Waals surface area contributed by atoms with Gasteiger partial charge in [0.15, 0.2) is 0 Å². The van der Waals surface area contributed by atoms with Gasteiger partial charge in [0.1, 0.15) is 35.2 Å². The molecule has 2 bridgehead atoms. The van der Waals surface area contributed by atoms with Gasteiger partial charge in [0.25, 0.3) is 5.91 Å². The number of alkyl carbamates (subject to hydrolysis) is 1. The van der Waals surface area contributed by atoms with Crippen LogP contribution in [-0.2, 0) is 29.1 Å². The van der Waals surface area contributed by atoms with Crippen LogP contribution in [0.3, 0.4) is 0 Å². The van der Waals surface area contributed by atoms with Crippen molar-refractivity contribution in [1.29, 1.82) is 0 Å². The molecule has 13 nitrogen and oxygen atoms in total. The van der Waals surface area contributed by atoms with Gasteiger partial charge in [-0.2, -0.15) is 0 Å². The number of fused-ring (bicyclic) bond motifs is 4. The van der Waals surface area contributed by atoms with Gasteiger partial charge in [-0.15, -0.1) is 6.58 Å². The first kappa shape index (κ1) is 38.8. The molecular formula is C41H53N5O8S. The third-order valence-electron chi connectivity index (χ3n) is 11.9. The first-order chi connectivity index (χ1) is 26.3. The number of sulfonamides is 1. The van der Waals surface area contributed by atoms with Crippen molar-refractivity contribution in [3.05, 3.63) is 54.8 Å². The molecule has 3 N–H and O–H groups in total. The van der Waals surface area contributed by atoms with E-state index >= 15 is 0 Å². The molecule has 2 aromatic rings. The summed E-state index contributed by atoms with van der Waals surface area (Å²) in [4.78, 5) is 62.6. The average molecular weight is 776 g/mol. The quantitative estimate of drug-likeness (QED) is 0.322. The van der Waals surface area contributed by atoms with Crippen molar-refractivity contribution >= 4 is 50.8 Å². The number of carbonyl (C=O) groups is 4. The van der Waals surface area contributed by atoms with Gasteiger partial charge in [-0.1, -0.05) is 63.5 Å². The van der Waals surface area contributed by atoms with E-state index in [2.05, 4.69) is 21.9 Å². The summed E-state index contributed by atoms with van der Waals surface area (Å²) < 4.78 is 40.1. The molecule has 14 heteroatoms. The maximum Gasteiger partial charge on any atom is 0.407 e. The highest BCUT2D eigenvalue weighted by Gasteiger charge is 2.62. The Balaban J connectivity index is 1.23. The van der Waals surface area contributed by atoms with E-state index in [1.807, 2.05) is 56.3 Å². The lowest BCUT2D eigenvalue weighted by Crippen LogP contribution is -2.59. The number of benzene rings is 1. The Hall–Kier alpha value is -4.46. The summed E-state index contributed by atoms with van der Waals surface area (Å²) in [7, 11) is -3.89. The van der Waals surface area contributed by atoms with Crippen molar-refractivity contribution in [2.45, 2.75) is 120 Å². The van der Waals surface area contributed by atoms with Gasteiger partial charge in [-0.05, 0) is 80.9 Å². The largest absolute Gasteiger partial charge is 0.486 e. The van der Waals surface area contributed by atoms with E-state index in [0.29, 0.717) is 24.3 Å². The number of amides is 4. The van der Waals surface area contributed by atoms with Crippen LogP contribution < -0.4 is 20.1 Å². The summed E-state index contributed by atoms with van der Waals surface area (Å²) in [6.07, 6.45) is 12.1. The van der Waals surface area contributed by atoms with Crippen LogP contribution >= 0.6 is 0 Å². The minimum atomic E-state index is -3.89. The van der Waals surface area contributed by atoms with Crippen LogP contribution in [0.25, 0.3) is 17.0 Å². The number of rotatable bonds is 7. The van der Waals surface area contributed by atoms with Gasteiger partial charge in [0.05, 0.1) is 23.9 Å². The van der Waals surface area contributed by atoms with Crippen LogP contribution in [0.5, 0.6) is 5.75 Å². The Bertz CT molecular complexity index is 1970. The number of pyridine rings is 1. The second-order valence-corrected chi connectivity index (χ2v) is 18.7. The molecule has 7 rings (SSSR count). The van der Waals surface area contributed by atoms with Gasteiger partial charge in [0, 0.05) is 17.7 Å². The van der Waals surface area contributed by atoms with E-state index in [9.17, 15) is 27.6 Å². The Morgan fingerprint density at radius 1 is 1.07 bits per heavy atom. The number of nitrogens with one attached hydrogen (secondary N) is 3. The van der Waals surface area contributed by atoms with E-state index in [1.165, 1.54) is 11.0 Å². The van der Waals surface area contributed by atoms with Gasteiger partial charge in [0.2, 0.25) is 21.8 Å². The number of allylic oxidation sites excluding steroid dienone is 1.